The molecule has 1 amide bonds. The molecule has 1 heterocycles. The molecular weight excluding hydrogens is 486 g/mol. The number of amides is 1. The minimum Gasteiger partial charge on any atom is -0.482 e. The first-order valence-corrected chi connectivity index (χ1v) is 12.4. The maximum Gasteiger partial charge on any atom is 0.249 e. The van der Waals surface area contributed by atoms with Gasteiger partial charge in [-0.3, -0.25) is 4.79 Å². The van der Waals surface area contributed by atoms with Crippen LogP contribution in [0.4, 0.5) is 8.78 Å². The zero-order valence-electron chi connectivity index (χ0n) is 19.6. The molecule has 2 atom stereocenters. The highest BCUT2D eigenvalue weighted by molar-refractivity contribution is 6.34. The monoisotopic (exact) mass is 512 g/mol. The molecular formula is C28H27ClF2N2O3. The second kappa shape index (κ2) is 9.47. The van der Waals surface area contributed by atoms with Crippen LogP contribution in [0, 0.1) is 11.6 Å². The molecule has 1 aliphatic heterocycles. The van der Waals surface area contributed by atoms with Crippen LogP contribution in [0.2, 0.25) is 5.02 Å². The number of aliphatic hydroxyl groups is 1. The molecule has 0 saturated heterocycles. The topological polar surface area (TPSA) is 98.6 Å². The lowest BCUT2D eigenvalue weighted by molar-refractivity contribution is 0.0793. The molecule has 36 heavy (non-hydrogen) atoms. The van der Waals surface area contributed by atoms with E-state index in [0.29, 0.717) is 30.5 Å². The molecule has 0 spiro atoms. The molecule has 5 rings (SSSR count). The van der Waals surface area contributed by atoms with E-state index < -0.39 is 29.2 Å². The van der Waals surface area contributed by atoms with E-state index in [1.807, 2.05) is 30.3 Å². The first kappa shape index (κ1) is 24.7. The Hall–Kier alpha value is -3.00. The molecule has 0 radical (unpaired) electrons. The predicted octanol–water partition coefficient (Wildman–Crippen LogP) is 4.80. The van der Waals surface area contributed by atoms with Crippen LogP contribution in [0.25, 0.3) is 11.1 Å². The van der Waals surface area contributed by atoms with Crippen LogP contribution in [0.3, 0.4) is 0 Å². The molecule has 0 aromatic heterocycles. The van der Waals surface area contributed by atoms with Gasteiger partial charge in [-0.15, -0.1) is 0 Å². The van der Waals surface area contributed by atoms with E-state index in [-0.39, 0.29) is 45.9 Å². The molecule has 2 aliphatic rings. The van der Waals surface area contributed by atoms with Crippen LogP contribution in [0.1, 0.15) is 51.9 Å². The lowest BCUT2D eigenvalue weighted by Gasteiger charge is -2.29. The Balaban J connectivity index is 1.72. The number of halogens is 3. The molecule has 3 aromatic rings. The van der Waals surface area contributed by atoms with Crippen LogP contribution in [-0.4, -0.2) is 23.7 Å². The lowest BCUT2D eigenvalue weighted by Crippen LogP contribution is -2.31. The summed E-state index contributed by atoms with van der Waals surface area (Å²) in [6.45, 7) is 0.525. The fraction of sp³-hybridized carbons (Fsp3) is 0.321. The molecule has 5 nitrogen and oxygen atoms in total. The average Bonchev–Trinajstić information content (AvgIpc) is 3.42. The van der Waals surface area contributed by atoms with Crippen molar-refractivity contribution in [1.29, 1.82) is 0 Å². The van der Waals surface area contributed by atoms with Crippen LogP contribution in [-0.2, 0) is 24.9 Å². The number of rotatable bonds is 7. The summed E-state index contributed by atoms with van der Waals surface area (Å²) < 4.78 is 37.7. The number of hydrogen-bond donors (Lipinski definition) is 3. The number of unbranched alkanes of at least 4 members (excludes halogenated alkanes) is 1. The van der Waals surface area contributed by atoms with Gasteiger partial charge < -0.3 is 21.3 Å². The second-order valence-corrected chi connectivity index (χ2v) is 9.96. The first-order valence-electron chi connectivity index (χ1n) is 12.0. The minimum atomic E-state index is -0.863. The highest BCUT2D eigenvalue weighted by Crippen LogP contribution is 2.52. The van der Waals surface area contributed by atoms with Crippen molar-refractivity contribution in [2.24, 2.45) is 11.5 Å². The van der Waals surface area contributed by atoms with Gasteiger partial charge in [0.1, 0.15) is 23.0 Å². The van der Waals surface area contributed by atoms with Crippen LogP contribution in [0.15, 0.2) is 42.5 Å². The fourth-order valence-electron chi connectivity index (χ4n) is 5.59. The summed E-state index contributed by atoms with van der Waals surface area (Å²) in [6, 6.07) is 12.3. The Morgan fingerprint density at radius 1 is 1.11 bits per heavy atom. The predicted molar refractivity (Wildman–Crippen MR) is 134 cm³/mol. The zero-order valence-corrected chi connectivity index (χ0v) is 20.4. The van der Waals surface area contributed by atoms with Gasteiger partial charge in [0.05, 0.1) is 16.7 Å². The van der Waals surface area contributed by atoms with Gasteiger partial charge in [-0.25, -0.2) is 8.78 Å². The summed E-state index contributed by atoms with van der Waals surface area (Å²) in [5, 5.41) is 9.82. The molecule has 0 saturated carbocycles. The minimum absolute atomic E-state index is 0.0683. The first-order chi connectivity index (χ1) is 17.3. The summed E-state index contributed by atoms with van der Waals surface area (Å²) in [4.78, 5) is 12.5. The maximum atomic E-state index is 16.0. The van der Waals surface area contributed by atoms with Gasteiger partial charge in [0.15, 0.2) is 0 Å². The van der Waals surface area contributed by atoms with E-state index in [2.05, 4.69) is 0 Å². The van der Waals surface area contributed by atoms with Gasteiger partial charge in [-0.05, 0) is 55.0 Å². The average molecular weight is 513 g/mol. The number of nitrogens with two attached hydrogens (primary N) is 2. The summed E-state index contributed by atoms with van der Waals surface area (Å²) >= 11 is 6.49. The van der Waals surface area contributed by atoms with Gasteiger partial charge in [0, 0.05) is 35.6 Å². The number of hydrogen-bond acceptors (Lipinski definition) is 4. The summed E-state index contributed by atoms with van der Waals surface area (Å²) in [7, 11) is 0. The Bertz CT molecular complexity index is 1350. The highest BCUT2D eigenvalue weighted by Gasteiger charge is 2.44. The van der Waals surface area contributed by atoms with Crippen molar-refractivity contribution in [2.75, 3.05) is 6.54 Å². The number of carbonyl (C=O) groups is 1. The van der Waals surface area contributed by atoms with Gasteiger partial charge in [0.25, 0.3) is 0 Å². The fourth-order valence-corrected chi connectivity index (χ4v) is 5.85. The lowest BCUT2D eigenvalue weighted by atomic mass is 9.82. The third kappa shape index (κ3) is 4.05. The SMILES string of the molecule is NCCCCC1(c2ccccc2)Cc2c(cc(F)c(Cl)c2-c2c(C(N)=O)cc3c(c2F)CC(O)C3)O1. The number of benzene rings is 3. The van der Waals surface area contributed by atoms with Crippen molar-refractivity contribution in [3.63, 3.8) is 0 Å². The van der Waals surface area contributed by atoms with E-state index in [1.165, 1.54) is 12.1 Å². The smallest absolute Gasteiger partial charge is 0.249 e. The molecule has 8 heteroatoms. The molecule has 0 fully saturated rings. The van der Waals surface area contributed by atoms with E-state index in [0.717, 1.165) is 18.4 Å². The maximum absolute atomic E-state index is 16.0. The van der Waals surface area contributed by atoms with E-state index in [9.17, 15) is 9.90 Å². The molecule has 0 bridgehead atoms. The second-order valence-electron chi connectivity index (χ2n) is 9.59. The number of carbonyl (C=O) groups excluding carboxylic acids is 1. The van der Waals surface area contributed by atoms with E-state index in [4.69, 9.17) is 27.8 Å². The van der Waals surface area contributed by atoms with Crippen molar-refractivity contribution in [3.05, 3.63) is 86.9 Å². The number of primary amides is 1. The normalized spacial score (nSPS) is 20.2. The molecule has 1 aliphatic carbocycles. The quantitative estimate of drug-likeness (QED) is 0.396. The Morgan fingerprint density at radius 3 is 2.56 bits per heavy atom. The largest absolute Gasteiger partial charge is 0.482 e. The standard InChI is InChI=1S/C28H27ClF2N2O3/c29-25-21(30)13-22-20(14-28(36-22,8-4-5-9-32)16-6-2-1-3-7-16)23(25)24-19(27(33)35)11-15-10-17(34)12-18(15)26(24)31/h1-3,6-7,11,13,17,34H,4-5,8-10,12,14,32H2,(H2,33,35). The number of fused-ring (bicyclic) bond motifs is 2. The van der Waals surface area contributed by atoms with Crippen molar-refractivity contribution in [2.45, 2.75) is 50.2 Å². The van der Waals surface area contributed by atoms with Crippen molar-refractivity contribution in [1.82, 2.24) is 0 Å². The Morgan fingerprint density at radius 2 is 1.86 bits per heavy atom. The number of ether oxygens (including phenoxy) is 1. The number of aliphatic hydroxyl groups excluding tert-OH is 1. The van der Waals surface area contributed by atoms with Gasteiger partial charge in [-0.2, -0.15) is 0 Å². The van der Waals surface area contributed by atoms with Crippen LogP contribution in [0.5, 0.6) is 5.75 Å². The van der Waals surface area contributed by atoms with Crippen LogP contribution < -0.4 is 16.2 Å². The van der Waals surface area contributed by atoms with Gasteiger partial charge >= 0.3 is 0 Å². The Labute approximate surface area is 213 Å². The zero-order chi connectivity index (χ0) is 25.6. The van der Waals surface area contributed by atoms with E-state index in [1.54, 1.807) is 0 Å². The molecule has 3 aromatic carbocycles. The van der Waals surface area contributed by atoms with E-state index >= 15 is 8.78 Å². The van der Waals surface area contributed by atoms with Crippen molar-refractivity contribution >= 4 is 17.5 Å². The highest BCUT2D eigenvalue weighted by atomic mass is 35.5. The molecule has 5 N–H and O–H groups in total. The van der Waals surface area contributed by atoms with Crippen LogP contribution >= 0.6 is 11.6 Å². The summed E-state index contributed by atoms with van der Waals surface area (Å²) in [6.07, 6.45) is 1.98. The molecule has 188 valence electrons. The third-order valence-electron chi connectivity index (χ3n) is 7.26. The third-order valence-corrected chi connectivity index (χ3v) is 7.63. The van der Waals surface area contributed by atoms with Gasteiger partial charge in [0.2, 0.25) is 5.91 Å². The Kier molecular flexibility index (Phi) is 6.49. The molecule has 2 unspecified atom stereocenters. The van der Waals surface area contributed by atoms with Gasteiger partial charge in [-0.1, -0.05) is 41.9 Å². The summed E-state index contributed by atoms with van der Waals surface area (Å²) in [5.41, 5.74) is 12.6. The van der Waals surface area contributed by atoms with Crippen molar-refractivity contribution < 1.29 is 23.4 Å². The summed E-state index contributed by atoms with van der Waals surface area (Å²) in [5.74, 6) is -2.11. The van der Waals surface area contributed by atoms with Crippen molar-refractivity contribution in [3.8, 4) is 16.9 Å².